The smallest absolute Gasteiger partial charge is 0.270 e. The number of nitrogens with zero attached hydrogens (tertiary/aromatic N) is 5. The van der Waals surface area contributed by atoms with Crippen LogP contribution in [0.1, 0.15) is 16.7 Å². The van der Waals surface area contributed by atoms with Gasteiger partial charge in [-0.2, -0.15) is 4.68 Å². The highest BCUT2D eigenvalue weighted by atomic mass is 32.2. The fourth-order valence-electron chi connectivity index (χ4n) is 2.83. The molecule has 2 aromatic carbocycles. The van der Waals surface area contributed by atoms with E-state index in [0.717, 1.165) is 11.3 Å². The fourth-order valence-corrected chi connectivity index (χ4v) is 3.68. The van der Waals surface area contributed by atoms with Gasteiger partial charge in [0.1, 0.15) is 5.75 Å². The van der Waals surface area contributed by atoms with E-state index < -0.39 is 4.92 Å². The molecule has 4 rings (SSSR count). The predicted molar refractivity (Wildman–Crippen MR) is 96.8 cm³/mol. The molecular formula is C17H15N5O4S. The molecule has 1 aromatic heterocycles. The van der Waals surface area contributed by atoms with Crippen molar-refractivity contribution in [2.24, 2.45) is 0 Å². The van der Waals surface area contributed by atoms with Gasteiger partial charge in [-0.1, -0.05) is 23.9 Å². The highest BCUT2D eigenvalue weighted by Gasteiger charge is 2.21. The molecular weight excluding hydrogens is 370 g/mol. The maximum absolute atomic E-state index is 11.2. The third kappa shape index (κ3) is 3.62. The number of hydrogen-bond acceptors (Lipinski definition) is 8. The van der Waals surface area contributed by atoms with Gasteiger partial charge < -0.3 is 9.47 Å². The molecule has 1 aliphatic heterocycles. The lowest BCUT2D eigenvalue weighted by molar-refractivity contribution is -0.385. The number of ether oxygens (including phenoxy) is 2. The number of aryl methyl sites for hydroxylation is 1. The number of aromatic nitrogens is 4. The average Bonchev–Trinajstić information content (AvgIpc) is 3.14. The second-order valence-corrected chi connectivity index (χ2v) is 6.90. The lowest BCUT2D eigenvalue weighted by atomic mass is 10.1. The van der Waals surface area contributed by atoms with Gasteiger partial charge in [-0.25, -0.2) is 0 Å². The number of rotatable bonds is 5. The third-order valence-corrected chi connectivity index (χ3v) is 4.99. The van der Waals surface area contributed by atoms with Crippen LogP contribution >= 0.6 is 11.8 Å². The van der Waals surface area contributed by atoms with E-state index >= 15 is 0 Å². The van der Waals surface area contributed by atoms with Crippen molar-refractivity contribution >= 4 is 17.4 Å². The number of benzene rings is 2. The normalized spacial score (nSPS) is 13.1. The Hall–Kier alpha value is -2.98. The Labute approximate surface area is 158 Å². The first-order valence-corrected chi connectivity index (χ1v) is 9.09. The van der Waals surface area contributed by atoms with Crippen molar-refractivity contribution in [1.82, 2.24) is 20.2 Å². The van der Waals surface area contributed by atoms with E-state index in [1.165, 1.54) is 23.9 Å². The Morgan fingerprint density at radius 3 is 3.04 bits per heavy atom. The molecule has 0 N–H and O–H groups in total. The standard InChI is InChI=1S/C17H15N5O4S/c1-11-3-2-4-14(5-11)21-17(18-19-20-21)27-9-13-7-15(22(23)24)6-12-8-25-10-26-16(12)13/h2-7H,8-10H2,1H3. The minimum Gasteiger partial charge on any atom is -0.467 e. The summed E-state index contributed by atoms with van der Waals surface area (Å²) in [4.78, 5) is 10.8. The van der Waals surface area contributed by atoms with E-state index in [1.807, 2.05) is 31.2 Å². The summed E-state index contributed by atoms with van der Waals surface area (Å²) < 4.78 is 12.5. The molecule has 138 valence electrons. The molecule has 0 spiro atoms. The van der Waals surface area contributed by atoms with Crippen LogP contribution in [-0.4, -0.2) is 31.9 Å². The number of non-ortho nitro benzene ring substituents is 1. The topological polar surface area (TPSA) is 105 Å². The zero-order chi connectivity index (χ0) is 18.8. The summed E-state index contributed by atoms with van der Waals surface area (Å²) in [6, 6.07) is 10.8. The Morgan fingerprint density at radius 1 is 1.33 bits per heavy atom. The summed E-state index contributed by atoms with van der Waals surface area (Å²) in [6.07, 6.45) is 0. The van der Waals surface area contributed by atoms with E-state index in [-0.39, 0.29) is 19.1 Å². The second-order valence-electron chi connectivity index (χ2n) is 5.96. The first kappa shape index (κ1) is 17.4. The van der Waals surface area contributed by atoms with Crippen LogP contribution in [0.4, 0.5) is 5.69 Å². The van der Waals surface area contributed by atoms with E-state index in [2.05, 4.69) is 15.5 Å². The third-order valence-electron chi connectivity index (χ3n) is 4.03. The van der Waals surface area contributed by atoms with Crippen LogP contribution < -0.4 is 4.74 Å². The van der Waals surface area contributed by atoms with Crippen molar-refractivity contribution < 1.29 is 14.4 Å². The molecule has 0 amide bonds. The Kier molecular flexibility index (Phi) is 4.73. The van der Waals surface area contributed by atoms with Crippen LogP contribution in [0, 0.1) is 17.0 Å². The largest absolute Gasteiger partial charge is 0.467 e. The maximum Gasteiger partial charge on any atom is 0.270 e. The molecule has 0 aliphatic carbocycles. The van der Waals surface area contributed by atoms with E-state index in [4.69, 9.17) is 9.47 Å². The van der Waals surface area contributed by atoms with Crippen molar-refractivity contribution in [3.8, 4) is 11.4 Å². The molecule has 0 radical (unpaired) electrons. The monoisotopic (exact) mass is 385 g/mol. The zero-order valence-corrected chi connectivity index (χ0v) is 15.2. The summed E-state index contributed by atoms with van der Waals surface area (Å²) in [5.41, 5.74) is 3.35. The Morgan fingerprint density at radius 2 is 2.22 bits per heavy atom. The van der Waals surface area contributed by atoms with E-state index in [9.17, 15) is 10.1 Å². The SMILES string of the molecule is Cc1cccc(-n2nnnc2SCc2cc([N+](=O)[O-])cc3c2OCOC3)c1. The van der Waals surface area contributed by atoms with Gasteiger partial charge in [0.15, 0.2) is 6.79 Å². The van der Waals surface area contributed by atoms with Crippen molar-refractivity contribution in [3.63, 3.8) is 0 Å². The zero-order valence-electron chi connectivity index (χ0n) is 14.4. The van der Waals surface area contributed by atoms with Crippen molar-refractivity contribution in [2.45, 2.75) is 24.4 Å². The van der Waals surface area contributed by atoms with Crippen LogP contribution in [0.3, 0.4) is 0 Å². The van der Waals surface area contributed by atoms with Crippen molar-refractivity contribution in [3.05, 3.63) is 63.2 Å². The molecule has 0 saturated carbocycles. The van der Waals surface area contributed by atoms with Crippen molar-refractivity contribution in [1.29, 1.82) is 0 Å². The average molecular weight is 385 g/mol. The van der Waals surface area contributed by atoms with Crippen LogP contribution in [0.25, 0.3) is 5.69 Å². The van der Waals surface area contributed by atoms with Crippen LogP contribution in [-0.2, 0) is 17.1 Å². The molecule has 0 unspecified atom stereocenters. The number of nitro benzene ring substituents is 1. The quantitative estimate of drug-likeness (QED) is 0.375. The molecule has 0 saturated heterocycles. The summed E-state index contributed by atoms with van der Waals surface area (Å²) in [5.74, 6) is 1.06. The predicted octanol–water partition coefficient (Wildman–Crippen LogP) is 3.04. The van der Waals surface area contributed by atoms with Crippen LogP contribution in [0.2, 0.25) is 0 Å². The maximum atomic E-state index is 11.2. The van der Waals surface area contributed by atoms with Crippen molar-refractivity contribution in [2.75, 3.05) is 6.79 Å². The lowest BCUT2D eigenvalue weighted by Crippen LogP contribution is -2.13. The second kappa shape index (κ2) is 7.33. The van der Waals surface area contributed by atoms with Gasteiger partial charge in [0.05, 0.1) is 17.2 Å². The summed E-state index contributed by atoms with van der Waals surface area (Å²) in [6.45, 7) is 2.41. The number of thioether (sulfide) groups is 1. The highest BCUT2D eigenvalue weighted by Crippen LogP contribution is 2.36. The molecule has 10 heteroatoms. The highest BCUT2D eigenvalue weighted by molar-refractivity contribution is 7.98. The van der Waals surface area contributed by atoms with Gasteiger partial charge in [0.25, 0.3) is 5.69 Å². The first-order chi connectivity index (χ1) is 13.1. The molecule has 1 aliphatic rings. The molecule has 27 heavy (non-hydrogen) atoms. The number of hydrogen-bond donors (Lipinski definition) is 0. The lowest BCUT2D eigenvalue weighted by Gasteiger charge is -2.20. The number of nitro groups is 1. The van der Waals surface area contributed by atoms with Gasteiger partial charge in [-0.3, -0.25) is 10.1 Å². The summed E-state index contributed by atoms with van der Waals surface area (Å²) in [7, 11) is 0. The minimum atomic E-state index is -0.417. The van der Waals surface area contributed by atoms with Crippen LogP contribution in [0.15, 0.2) is 41.6 Å². The Bertz CT molecular complexity index is 1010. The van der Waals surface area contributed by atoms with Gasteiger partial charge in [-0.15, -0.1) is 5.10 Å². The summed E-state index contributed by atoms with van der Waals surface area (Å²) >= 11 is 1.38. The van der Waals surface area contributed by atoms with Gasteiger partial charge in [0.2, 0.25) is 5.16 Å². The minimum absolute atomic E-state index is 0.0109. The molecule has 0 bridgehead atoms. The van der Waals surface area contributed by atoms with Crippen LogP contribution in [0.5, 0.6) is 5.75 Å². The molecule has 0 fully saturated rings. The van der Waals surface area contributed by atoms with Gasteiger partial charge in [-0.05, 0) is 35.0 Å². The number of tetrazole rings is 1. The Balaban J connectivity index is 1.62. The molecule has 2 heterocycles. The molecule has 3 aromatic rings. The van der Waals surface area contributed by atoms with E-state index in [0.29, 0.717) is 27.8 Å². The summed E-state index contributed by atoms with van der Waals surface area (Å²) in [5, 5.41) is 23.7. The van der Waals surface area contributed by atoms with Gasteiger partial charge >= 0.3 is 0 Å². The van der Waals surface area contributed by atoms with E-state index in [1.54, 1.807) is 4.68 Å². The molecule has 0 atom stereocenters. The first-order valence-electron chi connectivity index (χ1n) is 8.11. The number of fused-ring (bicyclic) bond motifs is 1. The molecule has 9 nitrogen and oxygen atoms in total. The fraction of sp³-hybridized carbons (Fsp3) is 0.235. The van der Waals surface area contributed by atoms with Gasteiger partial charge in [0, 0.05) is 29.0 Å².